The first-order valence-corrected chi connectivity index (χ1v) is 6.18. The first-order valence-electron chi connectivity index (χ1n) is 6.18. The van der Waals surface area contributed by atoms with Gasteiger partial charge >= 0.3 is 0 Å². The highest BCUT2D eigenvalue weighted by Crippen LogP contribution is 2.50. The number of hydrogen-bond acceptors (Lipinski definition) is 7. The van der Waals surface area contributed by atoms with Crippen LogP contribution in [-0.4, -0.2) is 24.1 Å². The Kier molecular flexibility index (Phi) is 4.60. The topological polar surface area (TPSA) is 136 Å². The van der Waals surface area contributed by atoms with Crippen molar-refractivity contribution in [3.8, 4) is 18.2 Å². The normalized spacial score (nSPS) is 21.3. The molecule has 1 atom stereocenters. The minimum Gasteiger partial charge on any atom is -0.441 e. The van der Waals surface area contributed by atoms with E-state index in [1.165, 1.54) is 0 Å². The lowest BCUT2D eigenvalue weighted by molar-refractivity contribution is -0.238. The summed E-state index contributed by atoms with van der Waals surface area (Å²) in [4.78, 5) is 0. The van der Waals surface area contributed by atoms with Gasteiger partial charge in [-0.3, -0.25) is 0 Å². The summed E-state index contributed by atoms with van der Waals surface area (Å²) in [5.74, 6) is -1.78. The quantitative estimate of drug-likeness (QED) is 0.733. The summed E-state index contributed by atoms with van der Waals surface area (Å²) in [5, 5.41) is 36.5. The van der Waals surface area contributed by atoms with Crippen LogP contribution < -0.4 is 5.73 Å². The molecule has 0 bridgehead atoms. The summed E-state index contributed by atoms with van der Waals surface area (Å²) in [6.45, 7) is 4.88. The predicted molar refractivity (Wildman–Crippen MR) is 71.4 cm³/mol. The minimum absolute atomic E-state index is 0.00782. The van der Waals surface area contributed by atoms with E-state index in [1.807, 2.05) is 6.07 Å². The Hall–Kier alpha value is -2.53. The predicted octanol–water partition coefficient (Wildman–Crippen LogP) is 0.806. The molecular formula is C14H16N4O3. The number of nitrogens with two attached hydrogens (primary N) is 1. The maximum atomic E-state index is 9.24. The van der Waals surface area contributed by atoms with E-state index in [0.29, 0.717) is 0 Å². The van der Waals surface area contributed by atoms with Crippen LogP contribution in [-0.2, 0) is 9.47 Å². The lowest BCUT2D eigenvalue weighted by atomic mass is 9.77. The van der Waals surface area contributed by atoms with Gasteiger partial charge in [-0.15, -0.1) is 0 Å². The molecule has 1 heterocycles. The van der Waals surface area contributed by atoms with Crippen LogP contribution in [0, 0.1) is 39.4 Å². The van der Waals surface area contributed by atoms with Crippen LogP contribution in [0.3, 0.4) is 0 Å². The zero-order valence-electron chi connectivity index (χ0n) is 12.1. The molecule has 1 rings (SSSR count). The van der Waals surface area contributed by atoms with Gasteiger partial charge in [-0.25, -0.2) is 0 Å². The van der Waals surface area contributed by atoms with E-state index in [9.17, 15) is 5.26 Å². The molecule has 0 aromatic heterocycles. The van der Waals surface area contributed by atoms with E-state index in [2.05, 4.69) is 0 Å². The summed E-state index contributed by atoms with van der Waals surface area (Å²) in [6.07, 6.45) is 0. The molecule has 21 heavy (non-hydrogen) atoms. The van der Waals surface area contributed by atoms with Crippen molar-refractivity contribution < 1.29 is 14.6 Å². The third-order valence-electron chi connectivity index (χ3n) is 3.05. The Morgan fingerprint density at radius 2 is 1.90 bits per heavy atom. The molecule has 0 radical (unpaired) electrons. The molecular weight excluding hydrogens is 272 g/mol. The highest BCUT2D eigenvalue weighted by molar-refractivity contribution is 5.60. The molecule has 0 spiro atoms. The summed E-state index contributed by atoms with van der Waals surface area (Å²) in [7, 11) is 0. The Labute approximate surface area is 123 Å². The van der Waals surface area contributed by atoms with Crippen LogP contribution in [0.5, 0.6) is 0 Å². The zero-order chi connectivity index (χ0) is 16.3. The van der Waals surface area contributed by atoms with Gasteiger partial charge in [0.2, 0.25) is 11.7 Å². The third kappa shape index (κ3) is 2.55. The molecule has 0 fully saturated rings. The Morgan fingerprint density at radius 1 is 1.33 bits per heavy atom. The molecule has 0 amide bonds. The molecule has 0 unspecified atom stereocenters. The number of aliphatic hydroxyl groups is 1. The first kappa shape index (κ1) is 16.5. The van der Waals surface area contributed by atoms with Crippen molar-refractivity contribution in [2.75, 3.05) is 13.2 Å². The Bertz CT molecular complexity index is 607. The van der Waals surface area contributed by atoms with E-state index < -0.39 is 11.2 Å². The van der Waals surface area contributed by atoms with Crippen molar-refractivity contribution in [2.24, 2.45) is 11.1 Å². The molecule has 7 nitrogen and oxygen atoms in total. The van der Waals surface area contributed by atoms with Gasteiger partial charge in [0.1, 0.15) is 29.4 Å². The third-order valence-corrected chi connectivity index (χ3v) is 3.05. The summed E-state index contributed by atoms with van der Waals surface area (Å²) in [6, 6.07) is 5.32. The second-order valence-electron chi connectivity index (χ2n) is 5.37. The SMILES string of the molecule is CC(C)(C)[C@@]1(OCCO)OC(N)=C(C#N)C1=C(C#N)C#N. The highest BCUT2D eigenvalue weighted by Gasteiger charge is 2.56. The molecule has 7 heteroatoms. The molecule has 3 N–H and O–H groups in total. The van der Waals surface area contributed by atoms with Crippen LogP contribution >= 0.6 is 0 Å². The number of hydrogen-bond donors (Lipinski definition) is 2. The van der Waals surface area contributed by atoms with Crippen LogP contribution in [0.2, 0.25) is 0 Å². The average Bonchev–Trinajstić information content (AvgIpc) is 2.71. The van der Waals surface area contributed by atoms with Crippen molar-refractivity contribution in [1.29, 1.82) is 15.8 Å². The number of aliphatic hydroxyl groups excluding tert-OH is 1. The standard InChI is InChI=1S/C14H16N4O3/c1-13(2,3)14(20-5-4-19)11(9(6-15)7-16)10(8-17)12(18)21-14/h19H,4-5,18H2,1-3H3/t14-/m0/s1. The maximum Gasteiger partial charge on any atom is 0.247 e. The Balaban J connectivity index is 3.68. The monoisotopic (exact) mass is 288 g/mol. The highest BCUT2D eigenvalue weighted by atomic mass is 16.7. The maximum absolute atomic E-state index is 9.24. The fourth-order valence-electron chi connectivity index (χ4n) is 2.12. The van der Waals surface area contributed by atoms with Crippen molar-refractivity contribution >= 4 is 0 Å². The molecule has 0 aromatic rings. The van der Waals surface area contributed by atoms with Gasteiger partial charge in [-0.1, -0.05) is 20.8 Å². The van der Waals surface area contributed by atoms with E-state index in [4.69, 9.17) is 30.8 Å². The zero-order valence-corrected chi connectivity index (χ0v) is 12.1. The van der Waals surface area contributed by atoms with Crippen molar-refractivity contribution in [1.82, 2.24) is 0 Å². The molecule has 110 valence electrons. The smallest absolute Gasteiger partial charge is 0.247 e. The molecule has 0 aromatic carbocycles. The van der Waals surface area contributed by atoms with Gasteiger partial charge in [0.25, 0.3) is 0 Å². The number of nitrogens with zero attached hydrogens (tertiary/aromatic N) is 3. The minimum atomic E-state index is -1.58. The van der Waals surface area contributed by atoms with Crippen LogP contribution in [0.25, 0.3) is 0 Å². The molecule has 1 aliphatic rings. The fraction of sp³-hybridized carbons (Fsp3) is 0.500. The number of rotatable bonds is 3. The number of ether oxygens (including phenoxy) is 2. The second-order valence-corrected chi connectivity index (χ2v) is 5.37. The van der Waals surface area contributed by atoms with Crippen LogP contribution in [0.15, 0.2) is 22.6 Å². The van der Waals surface area contributed by atoms with Crippen molar-refractivity contribution in [3.05, 3.63) is 22.6 Å². The summed E-state index contributed by atoms with van der Waals surface area (Å²) < 4.78 is 11.2. The summed E-state index contributed by atoms with van der Waals surface area (Å²) >= 11 is 0. The van der Waals surface area contributed by atoms with Crippen LogP contribution in [0.4, 0.5) is 0 Å². The lowest BCUT2D eigenvalue weighted by Crippen LogP contribution is -2.48. The van der Waals surface area contributed by atoms with Gasteiger partial charge in [0, 0.05) is 5.41 Å². The van der Waals surface area contributed by atoms with Gasteiger partial charge in [-0.2, -0.15) is 15.8 Å². The van der Waals surface area contributed by atoms with E-state index in [1.54, 1.807) is 32.9 Å². The van der Waals surface area contributed by atoms with Gasteiger partial charge in [0.05, 0.1) is 18.8 Å². The number of allylic oxidation sites excluding steroid dienone is 1. The molecule has 0 aliphatic carbocycles. The molecule has 0 saturated heterocycles. The van der Waals surface area contributed by atoms with Crippen molar-refractivity contribution in [3.63, 3.8) is 0 Å². The fourth-order valence-corrected chi connectivity index (χ4v) is 2.12. The van der Waals surface area contributed by atoms with Gasteiger partial charge in [-0.05, 0) is 0 Å². The van der Waals surface area contributed by atoms with Gasteiger partial charge in [0.15, 0.2) is 0 Å². The van der Waals surface area contributed by atoms with Crippen molar-refractivity contribution in [2.45, 2.75) is 26.6 Å². The van der Waals surface area contributed by atoms with Crippen LogP contribution in [0.1, 0.15) is 20.8 Å². The summed E-state index contributed by atoms with van der Waals surface area (Å²) in [5.41, 5.74) is 4.57. The van der Waals surface area contributed by atoms with E-state index >= 15 is 0 Å². The van der Waals surface area contributed by atoms with E-state index in [-0.39, 0.29) is 35.8 Å². The largest absolute Gasteiger partial charge is 0.441 e. The average molecular weight is 288 g/mol. The lowest BCUT2D eigenvalue weighted by Gasteiger charge is -2.41. The van der Waals surface area contributed by atoms with E-state index in [0.717, 1.165) is 0 Å². The molecule has 0 saturated carbocycles. The second kappa shape index (κ2) is 5.85. The van der Waals surface area contributed by atoms with Gasteiger partial charge < -0.3 is 20.3 Å². The Morgan fingerprint density at radius 3 is 2.29 bits per heavy atom. The number of nitriles is 3. The first-order chi connectivity index (χ1) is 9.78. The molecule has 1 aliphatic heterocycles.